The number of hydrogen-bond donors (Lipinski definition) is 1. The van der Waals surface area contributed by atoms with E-state index in [1.165, 1.54) is 11.3 Å². The lowest BCUT2D eigenvalue weighted by Gasteiger charge is -2.31. The van der Waals surface area contributed by atoms with Crippen LogP contribution in [0.3, 0.4) is 0 Å². The van der Waals surface area contributed by atoms with Crippen LogP contribution in [0.15, 0.2) is 30.2 Å². The largest absolute Gasteiger partial charge is 0.445 e. The quantitative estimate of drug-likeness (QED) is 0.682. The van der Waals surface area contributed by atoms with Crippen LogP contribution in [0, 0.1) is 3.95 Å². The van der Waals surface area contributed by atoms with Gasteiger partial charge in [-0.1, -0.05) is 24.8 Å². The number of rotatable bonds is 3. The maximum absolute atomic E-state index is 11.9. The highest BCUT2D eigenvalue weighted by atomic mass is 32.1. The van der Waals surface area contributed by atoms with Crippen LogP contribution in [-0.2, 0) is 4.74 Å². The number of aromatic amines is 1. The minimum atomic E-state index is -0.324. The fourth-order valence-corrected chi connectivity index (χ4v) is 2.72. The maximum Gasteiger partial charge on any atom is 0.410 e. The first kappa shape index (κ1) is 13.0. The number of hydrogen-bond acceptors (Lipinski definition) is 4. The number of nitrogens with one attached hydrogen (secondary N) is 1. The van der Waals surface area contributed by atoms with Gasteiger partial charge in [0.05, 0.1) is 6.04 Å². The molecule has 1 aliphatic rings. The first-order chi connectivity index (χ1) is 8.72. The van der Waals surface area contributed by atoms with Gasteiger partial charge in [0.1, 0.15) is 6.61 Å². The van der Waals surface area contributed by atoms with Crippen LogP contribution in [0.5, 0.6) is 0 Å². The predicted octanol–water partition coefficient (Wildman–Crippen LogP) is 3.43. The molecule has 1 aliphatic heterocycles. The van der Waals surface area contributed by atoms with Gasteiger partial charge in [-0.25, -0.2) is 4.79 Å². The zero-order valence-corrected chi connectivity index (χ0v) is 11.4. The molecule has 6 heteroatoms. The molecule has 0 fully saturated rings. The van der Waals surface area contributed by atoms with Crippen molar-refractivity contribution in [3.05, 3.63) is 39.8 Å². The van der Waals surface area contributed by atoms with Crippen LogP contribution in [-0.4, -0.2) is 29.1 Å². The number of carbonyl (C=O) groups is 1. The van der Waals surface area contributed by atoms with E-state index in [0.29, 0.717) is 6.54 Å². The molecule has 0 bridgehead atoms. The van der Waals surface area contributed by atoms with Gasteiger partial charge in [-0.2, -0.15) is 0 Å². The van der Waals surface area contributed by atoms with E-state index in [4.69, 9.17) is 17.0 Å². The van der Waals surface area contributed by atoms with Gasteiger partial charge in [0, 0.05) is 17.6 Å². The smallest absolute Gasteiger partial charge is 0.410 e. The zero-order valence-electron chi connectivity index (χ0n) is 9.80. The Morgan fingerprint density at radius 2 is 2.56 bits per heavy atom. The molecule has 1 aromatic rings. The van der Waals surface area contributed by atoms with Crippen molar-refractivity contribution in [3.8, 4) is 0 Å². The van der Waals surface area contributed by atoms with Crippen molar-refractivity contribution in [3.63, 3.8) is 0 Å². The summed E-state index contributed by atoms with van der Waals surface area (Å²) in [5.74, 6) is 0. The first-order valence-corrected chi connectivity index (χ1v) is 6.88. The molecule has 0 spiro atoms. The van der Waals surface area contributed by atoms with E-state index >= 15 is 0 Å². The van der Waals surface area contributed by atoms with E-state index < -0.39 is 0 Å². The second kappa shape index (κ2) is 5.97. The van der Waals surface area contributed by atoms with Crippen LogP contribution in [0.1, 0.15) is 18.2 Å². The Morgan fingerprint density at radius 1 is 1.72 bits per heavy atom. The van der Waals surface area contributed by atoms with Crippen molar-refractivity contribution in [2.45, 2.75) is 12.5 Å². The van der Waals surface area contributed by atoms with Gasteiger partial charge in [0.2, 0.25) is 0 Å². The number of ether oxygens (including phenoxy) is 1. The summed E-state index contributed by atoms with van der Waals surface area (Å²) in [5.41, 5.74) is 0.963. The van der Waals surface area contributed by atoms with Crippen molar-refractivity contribution in [1.82, 2.24) is 9.88 Å². The minimum absolute atomic E-state index is 0.0275. The number of H-pyrrole nitrogens is 1. The van der Waals surface area contributed by atoms with Crippen LogP contribution in [0.2, 0.25) is 0 Å². The Bertz CT molecular complexity index is 518. The van der Waals surface area contributed by atoms with E-state index in [1.807, 2.05) is 11.5 Å². The Balaban J connectivity index is 2.16. The fraction of sp³-hybridized carbons (Fsp3) is 0.333. The molecular weight excluding hydrogens is 268 g/mol. The van der Waals surface area contributed by atoms with Crippen molar-refractivity contribution in [2.75, 3.05) is 13.2 Å². The molecule has 1 unspecified atom stereocenters. The lowest BCUT2D eigenvalue weighted by Crippen LogP contribution is -2.37. The third-order valence-corrected chi connectivity index (χ3v) is 3.74. The van der Waals surface area contributed by atoms with Crippen molar-refractivity contribution < 1.29 is 9.53 Å². The van der Waals surface area contributed by atoms with Crippen molar-refractivity contribution in [1.29, 1.82) is 0 Å². The summed E-state index contributed by atoms with van der Waals surface area (Å²) in [6.07, 6.45) is 6.04. The molecule has 18 heavy (non-hydrogen) atoms. The Kier molecular flexibility index (Phi) is 4.33. The Hall–Kier alpha value is -1.40. The predicted molar refractivity (Wildman–Crippen MR) is 74.3 cm³/mol. The number of amides is 1. The van der Waals surface area contributed by atoms with Gasteiger partial charge in [0.15, 0.2) is 3.95 Å². The van der Waals surface area contributed by atoms with E-state index in [9.17, 15) is 4.79 Å². The molecular formula is C12H14N2O2S2. The second-order valence-electron chi connectivity index (χ2n) is 3.84. The second-order valence-corrected chi connectivity index (χ2v) is 5.39. The highest BCUT2D eigenvalue weighted by Gasteiger charge is 2.27. The zero-order chi connectivity index (χ0) is 13.0. The van der Waals surface area contributed by atoms with Crippen molar-refractivity contribution in [2.24, 2.45) is 0 Å². The molecule has 0 saturated heterocycles. The van der Waals surface area contributed by atoms with Gasteiger partial charge in [0.25, 0.3) is 0 Å². The van der Waals surface area contributed by atoms with Crippen LogP contribution < -0.4 is 0 Å². The third kappa shape index (κ3) is 2.88. The van der Waals surface area contributed by atoms with E-state index in [0.717, 1.165) is 16.1 Å². The number of carbonyl (C=O) groups excluding carboxylic acids is 1. The number of nitrogens with zero attached hydrogens (tertiary/aromatic N) is 1. The van der Waals surface area contributed by atoms with E-state index in [-0.39, 0.29) is 18.7 Å². The van der Waals surface area contributed by atoms with Crippen LogP contribution >= 0.6 is 23.6 Å². The molecule has 2 rings (SSSR count). The fourth-order valence-electron chi connectivity index (χ4n) is 1.83. The molecule has 0 aliphatic carbocycles. The Labute approximate surface area is 115 Å². The molecule has 1 amide bonds. The van der Waals surface area contributed by atoms with Gasteiger partial charge in [-0.05, 0) is 18.6 Å². The maximum atomic E-state index is 11.9. The van der Waals surface area contributed by atoms with E-state index in [1.54, 1.807) is 11.0 Å². The molecule has 4 nitrogen and oxygen atoms in total. The molecule has 0 saturated carbocycles. The summed E-state index contributed by atoms with van der Waals surface area (Å²) in [5, 5.41) is 1.96. The summed E-state index contributed by atoms with van der Waals surface area (Å²) in [6, 6.07) is -0.0275. The summed E-state index contributed by atoms with van der Waals surface area (Å²) in [7, 11) is 0. The lowest BCUT2D eigenvalue weighted by molar-refractivity contribution is 0.0972. The topological polar surface area (TPSA) is 45.3 Å². The van der Waals surface area contributed by atoms with Gasteiger partial charge in [-0.3, -0.25) is 4.90 Å². The standard InChI is InChI=1S/C12H14N2O2S2/c1-2-7-16-12(15)14-6-4-3-5-10(14)9-8-18-11(17)13-9/h2-4,8,10H,1,5-7H2,(H,13,17). The minimum Gasteiger partial charge on any atom is -0.445 e. The monoisotopic (exact) mass is 282 g/mol. The van der Waals surface area contributed by atoms with Crippen LogP contribution in [0.4, 0.5) is 4.79 Å². The molecule has 0 aromatic carbocycles. The molecule has 2 heterocycles. The molecule has 1 aromatic heterocycles. The number of aromatic nitrogens is 1. The summed E-state index contributed by atoms with van der Waals surface area (Å²) >= 11 is 6.54. The first-order valence-electron chi connectivity index (χ1n) is 5.59. The number of thiazole rings is 1. The third-order valence-electron chi connectivity index (χ3n) is 2.66. The average molecular weight is 282 g/mol. The SMILES string of the molecule is C=CCOC(=O)N1CC=CCC1c1csc(=S)[nH]1. The molecule has 1 N–H and O–H groups in total. The Morgan fingerprint density at radius 3 is 3.22 bits per heavy atom. The van der Waals surface area contributed by atoms with Gasteiger partial charge in [-0.15, -0.1) is 11.3 Å². The normalized spacial score (nSPS) is 18.7. The van der Waals surface area contributed by atoms with Gasteiger partial charge < -0.3 is 9.72 Å². The summed E-state index contributed by atoms with van der Waals surface area (Å²) in [4.78, 5) is 16.7. The van der Waals surface area contributed by atoms with Gasteiger partial charge >= 0.3 is 6.09 Å². The highest BCUT2D eigenvalue weighted by molar-refractivity contribution is 7.73. The molecule has 96 valence electrons. The van der Waals surface area contributed by atoms with Crippen molar-refractivity contribution >= 4 is 29.6 Å². The van der Waals surface area contributed by atoms with Crippen LogP contribution in [0.25, 0.3) is 0 Å². The molecule has 1 atom stereocenters. The molecule has 0 radical (unpaired) electrons. The van der Waals surface area contributed by atoms with E-state index in [2.05, 4.69) is 17.6 Å². The summed E-state index contributed by atoms with van der Waals surface area (Å²) < 4.78 is 5.81. The lowest BCUT2D eigenvalue weighted by atomic mass is 10.1. The summed E-state index contributed by atoms with van der Waals surface area (Å²) in [6.45, 7) is 4.31. The average Bonchev–Trinajstić information content (AvgIpc) is 2.82. The highest BCUT2D eigenvalue weighted by Crippen LogP contribution is 2.28.